The lowest BCUT2D eigenvalue weighted by molar-refractivity contribution is -0.127. The maximum absolute atomic E-state index is 11.3. The second-order valence-electron chi connectivity index (χ2n) is 4.41. The molecule has 1 saturated heterocycles. The van der Waals surface area contributed by atoms with Crippen LogP contribution in [0.3, 0.4) is 0 Å². The van der Waals surface area contributed by atoms with Gasteiger partial charge in [0.25, 0.3) is 0 Å². The van der Waals surface area contributed by atoms with Gasteiger partial charge >= 0.3 is 7.82 Å². The highest BCUT2D eigenvalue weighted by molar-refractivity contribution is 7.47. The molecule has 0 radical (unpaired) electrons. The topological polar surface area (TPSA) is 113 Å². The van der Waals surface area contributed by atoms with Crippen LogP contribution in [0.4, 0.5) is 0 Å². The van der Waals surface area contributed by atoms with Gasteiger partial charge < -0.3 is 28.9 Å². The van der Waals surface area contributed by atoms with Gasteiger partial charge in [0, 0.05) is 14.2 Å². The lowest BCUT2D eigenvalue weighted by atomic mass is 9.93. The smallest absolute Gasteiger partial charge is 0.394 e. The SMILES string of the molecule is B[C@@H]1O[C@H](COP(=O)(O)OC)[C@H](OC)C1OCOCCO. The molecule has 0 spiro atoms. The maximum Gasteiger partial charge on any atom is 0.472 e. The van der Waals surface area contributed by atoms with Gasteiger partial charge in [-0.2, -0.15) is 0 Å². The molecule has 1 heterocycles. The van der Waals surface area contributed by atoms with E-state index < -0.39 is 26.1 Å². The molecule has 0 amide bonds. The number of hydrogen-bond acceptors (Lipinski definition) is 8. The Kier molecular flexibility index (Phi) is 8.32. The Morgan fingerprint density at radius 3 is 2.62 bits per heavy atom. The molecular formula is C10H22BO9P. The third kappa shape index (κ3) is 5.94. The zero-order chi connectivity index (χ0) is 15.9. The first-order chi connectivity index (χ1) is 9.95. The summed E-state index contributed by atoms with van der Waals surface area (Å²) in [5, 5.41) is 8.61. The van der Waals surface area contributed by atoms with Crippen molar-refractivity contribution < 1.29 is 42.6 Å². The van der Waals surface area contributed by atoms with E-state index in [0.717, 1.165) is 7.11 Å². The molecule has 2 unspecified atom stereocenters. The molecule has 2 N–H and O–H groups in total. The molecule has 0 aromatic rings. The van der Waals surface area contributed by atoms with Crippen LogP contribution in [-0.4, -0.2) is 83.0 Å². The quantitative estimate of drug-likeness (QED) is 0.213. The number of phosphoric acid groups is 1. The Labute approximate surface area is 124 Å². The van der Waals surface area contributed by atoms with E-state index in [1.54, 1.807) is 7.85 Å². The minimum Gasteiger partial charge on any atom is -0.394 e. The summed E-state index contributed by atoms with van der Waals surface area (Å²) in [7, 11) is 0.293. The van der Waals surface area contributed by atoms with Gasteiger partial charge in [0.1, 0.15) is 33.0 Å². The molecule has 0 aliphatic carbocycles. The summed E-state index contributed by atoms with van der Waals surface area (Å²) in [6.07, 6.45) is -1.46. The fourth-order valence-electron chi connectivity index (χ4n) is 2.03. The van der Waals surface area contributed by atoms with Crippen LogP contribution in [0.25, 0.3) is 0 Å². The predicted molar refractivity (Wildman–Crippen MR) is 73.6 cm³/mol. The molecule has 5 atom stereocenters. The lowest BCUT2D eigenvalue weighted by Crippen LogP contribution is -2.39. The van der Waals surface area contributed by atoms with Crippen molar-refractivity contribution >= 4 is 15.7 Å². The van der Waals surface area contributed by atoms with Crippen molar-refractivity contribution in [3.63, 3.8) is 0 Å². The van der Waals surface area contributed by atoms with E-state index >= 15 is 0 Å². The molecule has 21 heavy (non-hydrogen) atoms. The fourth-order valence-corrected chi connectivity index (χ4v) is 2.47. The average Bonchev–Trinajstić information content (AvgIpc) is 2.77. The van der Waals surface area contributed by atoms with Gasteiger partial charge in [0.05, 0.1) is 25.8 Å². The molecule has 0 bridgehead atoms. The number of ether oxygens (including phenoxy) is 4. The number of aliphatic hydroxyl groups is 1. The Hall–Kier alpha value is -0.0251. The van der Waals surface area contributed by atoms with E-state index in [0.29, 0.717) is 0 Å². The molecule has 0 saturated carbocycles. The first kappa shape index (κ1) is 19.0. The van der Waals surface area contributed by atoms with E-state index in [-0.39, 0.29) is 32.6 Å². The van der Waals surface area contributed by atoms with E-state index in [1.165, 1.54) is 7.11 Å². The Balaban J connectivity index is 2.50. The molecule has 1 rings (SSSR count). The molecule has 0 aromatic carbocycles. The first-order valence-corrected chi connectivity index (χ1v) is 7.96. The number of aliphatic hydroxyl groups excluding tert-OH is 1. The van der Waals surface area contributed by atoms with Crippen LogP contribution in [-0.2, 0) is 32.6 Å². The normalized spacial score (nSPS) is 32.2. The highest BCUT2D eigenvalue weighted by Gasteiger charge is 2.44. The van der Waals surface area contributed by atoms with Crippen molar-refractivity contribution in [3.8, 4) is 0 Å². The Bertz CT molecular complexity index is 344. The van der Waals surface area contributed by atoms with Gasteiger partial charge in [-0.3, -0.25) is 9.05 Å². The summed E-state index contributed by atoms with van der Waals surface area (Å²) in [6.45, 7) is -0.0918. The van der Waals surface area contributed by atoms with Crippen LogP contribution in [0.1, 0.15) is 0 Å². The van der Waals surface area contributed by atoms with Crippen LogP contribution >= 0.6 is 7.82 Å². The third-order valence-electron chi connectivity index (χ3n) is 3.03. The molecule has 1 aliphatic rings. The summed E-state index contributed by atoms with van der Waals surface area (Å²) < 4.78 is 41.9. The largest absolute Gasteiger partial charge is 0.472 e. The summed E-state index contributed by atoms with van der Waals surface area (Å²) in [5.74, 6) is 0. The van der Waals surface area contributed by atoms with Crippen molar-refractivity contribution in [2.24, 2.45) is 0 Å². The second-order valence-corrected chi connectivity index (χ2v) is 5.97. The van der Waals surface area contributed by atoms with Crippen LogP contribution in [0.2, 0.25) is 0 Å². The van der Waals surface area contributed by atoms with E-state index in [2.05, 4.69) is 4.52 Å². The number of rotatable bonds is 10. The third-order valence-corrected chi connectivity index (χ3v) is 3.96. The van der Waals surface area contributed by atoms with Crippen molar-refractivity contribution in [1.29, 1.82) is 0 Å². The summed E-state index contributed by atoms with van der Waals surface area (Å²) >= 11 is 0. The maximum atomic E-state index is 11.3. The molecule has 9 nitrogen and oxygen atoms in total. The standard InChI is InChI=1S/C10H22BO9P/c1-15-8-7(5-19-21(13,14)16-2)20-10(11)9(8)18-6-17-4-3-12/h7-10,12H,3-6,11H2,1-2H3,(H,13,14)/t7-,8+,9?,10-/m1/s1. The van der Waals surface area contributed by atoms with Gasteiger partial charge in [-0.15, -0.1) is 0 Å². The first-order valence-electron chi connectivity index (χ1n) is 6.46. The summed E-state index contributed by atoms with van der Waals surface area (Å²) in [4.78, 5) is 9.21. The van der Waals surface area contributed by atoms with Crippen LogP contribution in [0.5, 0.6) is 0 Å². The van der Waals surface area contributed by atoms with Crippen molar-refractivity contribution in [2.75, 3.05) is 40.8 Å². The van der Waals surface area contributed by atoms with Gasteiger partial charge in [0.2, 0.25) is 0 Å². The highest BCUT2D eigenvalue weighted by Crippen LogP contribution is 2.42. The zero-order valence-corrected chi connectivity index (χ0v) is 13.2. The van der Waals surface area contributed by atoms with E-state index in [9.17, 15) is 9.46 Å². The van der Waals surface area contributed by atoms with Crippen molar-refractivity contribution in [2.45, 2.75) is 24.3 Å². The molecule has 124 valence electrons. The number of methoxy groups -OCH3 is 1. The molecule has 1 fully saturated rings. The van der Waals surface area contributed by atoms with E-state index in [4.69, 9.17) is 28.6 Å². The zero-order valence-electron chi connectivity index (χ0n) is 12.3. The molecule has 0 aromatic heterocycles. The molecule has 1 aliphatic heterocycles. The van der Waals surface area contributed by atoms with Gasteiger partial charge in [-0.1, -0.05) is 0 Å². The Morgan fingerprint density at radius 2 is 2.05 bits per heavy atom. The lowest BCUT2D eigenvalue weighted by Gasteiger charge is -2.22. The summed E-state index contributed by atoms with van der Waals surface area (Å²) in [5.41, 5.74) is 0. The van der Waals surface area contributed by atoms with Crippen LogP contribution in [0.15, 0.2) is 0 Å². The van der Waals surface area contributed by atoms with Gasteiger partial charge in [-0.05, 0) is 0 Å². The molecular weight excluding hydrogens is 306 g/mol. The average molecular weight is 328 g/mol. The number of hydrogen-bond donors (Lipinski definition) is 2. The van der Waals surface area contributed by atoms with Crippen molar-refractivity contribution in [3.05, 3.63) is 0 Å². The fraction of sp³-hybridized carbons (Fsp3) is 1.00. The highest BCUT2D eigenvalue weighted by atomic mass is 31.2. The number of phosphoric ester groups is 1. The van der Waals surface area contributed by atoms with Crippen LogP contribution in [0, 0.1) is 0 Å². The summed E-state index contributed by atoms with van der Waals surface area (Å²) in [6, 6.07) is -0.304. The molecule has 11 heteroatoms. The van der Waals surface area contributed by atoms with Gasteiger partial charge in [-0.25, -0.2) is 4.57 Å². The van der Waals surface area contributed by atoms with Gasteiger partial charge in [0.15, 0.2) is 0 Å². The van der Waals surface area contributed by atoms with E-state index in [1.807, 2.05) is 0 Å². The minimum absolute atomic E-state index is 0.0110. The Morgan fingerprint density at radius 1 is 1.33 bits per heavy atom. The minimum atomic E-state index is -4.06. The monoisotopic (exact) mass is 328 g/mol. The van der Waals surface area contributed by atoms with Crippen LogP contribution < -0.4 is 0 Å². The predicted octanol–water partition coefficient (Wildman–Crippen LogP) is -1.53. The van der Waals surface area contributed by atoms with Crippen molar-refractivity contribution in [1.82, 2.24) is 0 Å². The second kappa shape index (κ2) is 9.19.